The van der Waals surface area contributed by atoms with E-state index in [2.05, 4.69) is 14.9 Å². The highest BCUT2D eigenvalue weighted by molar-refractivity contribution is 7.91. The molecule has 1 aliphatic rings. The molecule has 0 spiro atoms. The van der Waals surface area contributed by atoms with E-state index in [1.807, 2.05) is 42.5 Å². The van der Waals surface area contributed by atoms with Crippen LogP contribution in [-0.2, 0) is 9.84 Å². The average Bonchev–Trinajstić information content (AvgIpc) is 2.78. The van der Waals surface area contributed by atoms with Crippen molar-refractivity contribution < 1.29 is 22.6 Å². The summed E-state index contributed by atoms with van der Waals surface area (Å²) in [6.45, 7) is 2.46. The largest absolute Gasteiger partial charge is 0.493 e. The molecular weight excluding hydrogens is 418 g/mol. The SMILES string of the molecule is COc1cc2c(Oc3ccccc3)ncnc2cc1OCCCN1CCS(=O)(=O)CC1. The maximum atomic E-state index is 11.5. The van der Waals surface area contributed by atoms with Gasteiger partial charge in [-0.25, -0.2) is 18.4 Å². The summed E-state index contributed by atoms with van der Waals surface area (Å²) in [5.74, 6) is 2.78. The molecule has 1 saturated heterocycles. The van der Waals surface area contributed by atoms with Crippen LogP contribution in [0.1, 0.15) is 6.42 Å². The summed E-state index contributed by atoms with van der Waals surface area (Å²) in [6, 6.07) is 13.1. The molecule has 2 heterocycles. The van der Waals surface area contributed by atoms with Gasteiger partial charge in [-0.05, 0) is 24.6 Å². The molecule has 0 saturated carbocycles. The average molecular weight is 444 g/mol. The first-order valence-electron chi connectivity index (χ1n) is 10.2. The van der Waals surface area contributed by atoms with Gasteiger partial charge in [0.25, 0.3) is 0 Å². The number of hydrogen-bond donors (Lipinski definition) is 0. The van der Waals surface area contributed by atoms with E-state index >= 15 is 0 Å². The van der Waals surface area contributed by atoms with Crippen molar-refractivity contribution in [2.24, 2.45) is 0 Å². The van der Waals surface area contributed by atoms with E-state index in [0.29, 0.717) is 48.3 Å². The molecule has 0 atom stereocenters. The zero-order valence-corrected chi connectivity index (χ0v) is 18.2. The topological polar surface area (TPSA) is 90.8 Å². The van der Waals surface area contributed by atoms with E-state index < -0.39 is 9.84 Å². The number of methoxy groups -OCH3 is 1. The number of nitrogens with zero attached hydrogens (tertiary/aromatic N) is 3. The van der Waals surface area contributed by atoms with Crippen molar-refractivity contribution in [1.82, 2.24) is 14.9 Å². The van der Waals surface area contributed by atoms with Gasteiger partial charge in [0.15, 0.2) is 21.3 Å². The number of hydrogen-bond acceptors (Lipinski definition) is 8. The highest BCUT2D eigenvalue weighted by Gasteiger charge is 2.21. The molecule has 0 unspecified atom stereocenters. The van der Waals surface area contributed by atoms with Crippen molar-refractivity contribution in [2.45, 2.75) is 6.42 Å². The lowest BCUT2D eigenvalue weighted by molar-refractivity contribution is 0.240. The van der Waals surface area contributed by atoms with Gasteiger partial charge in [-0.3, -0.25) is 0 Å². The molecule has 0 amide bonds. The predicted octanol–water partition coefficient (Wildman–Crippen LogP) is 2.93. The van der Waals surface area contributed by atoms with Crippen LogP contribution in [0, 0.1) is 0 Å². The van der Waals surface area contributed by atoms with Crippen molar-refractivity contribution in [3.05, 3.63) is 48.8 Å². The minimum Gasteiger partial charge on any atom is -0.493 e. The fourth-order valence-corrected chi connectivity index (χ4v) is 4.72. The standard InChI is InChI=1S/C22H25N3O5S/c1-28-20-14-18-19(23-16-24-22(18)30-17-6-3-2-4-7-17)15-21(20)29-11-5-8-25-9-12-31(26,27)13-10-25/h2-4,6-7,14-16H,5,8-13H2,1H3. The van der Waals surface area contributed by atoms with E-state index in [0.717, 1.165) is 18.4 Å². The third-order valence-electron chi connectivity index (χ3n) is 5.16. The van der Waals surface area contributed by atoms with Gasteiger partial charge in [-0.15, -0.1) is 0 Å². The Balaban J connectivity index is 1.42. The second-order valence-corrected chi connectivity index (χ2v) is 9.61. The first kappa shape index (κ1) is 21.3. The number of para-hydroxylation sites is 1. The van der Waals surface area contributed by atoms with Crippen molar-refractivity contribution in [3.8, 4) is 23.1 Å². The number of rotatable bonds is 8. The van der Waals surface area contributed by atoms with E-state index in [4.69, 9.17) is 14.2 Å². The molecule has 0 aliphatic carbocycles. The Kier molecular flexibility index (Phi) is 6.53. The summed E-state index contributed by atoms with van der Waals surface area (Å²) in [5, 5.41) is 0.727. The van der Waals surface area contributed by atoms with Crippen LogP contribution in [0.15, 0.2) is 48.8 Å². The monoisotopic (exact) mass is 443 g/mol. The summed E-state index contributed by atoms with van der Waals surface area (Å²) in [5.41, 5.74) is 0.693. The molecule has 4 rings (SSSR count). The van der Waals surface area contributed by atoms with Gasteiger partial charge in [-0.1, -0.05) is 18.2 Å². The maximum absolute atomic E-state index is 11.5. The third-order valence-corrected chi connectivity index (χ3v) is 6.76. The lowest BCUT2D eigenvalue weighted by Crippen LogP contribution is -2.40. The van der Waals surface area contributed by atoms with Gasteiger partial charge < -0.3 is 19.1 Å². The molecule has 0 bridgehead atoms. The number of ether oxygens (including phenoxy) is 3. The van der Waals surface area contributed by atoms with Crippen molar-refractivity contribution >= 4 is 20.7 Å². The number of aromatic nitrogens is 2. The van der Waals surface area contributed by atoms with E-state index in [-0.39, 0.29) is 11.5 Å². The molecule has 1 aromatic heterocycles. The minimum atomic E-state index is -2.85. The van der Waals surface area contributed by atoms with Crippen LogP contribution >= 0.6 is 0 Å². The molecule has 9 heteroatoms. The fourth-order valence-electron chi connectivity index (χ4n) is 3.44. The smallest absolute Gasteiger partial charge is 0.230 e. The highest BCUT2D eigenvalue weighted by atomic mass is 32.2. The Hall–Kier alpha value is -2.91. The Morgan fingerprint density at radius 1 is 1.03 bits per heavy atom. The van der Waals surface area contributed by atoms with Crippen LogP contribution in [0.4, 0.5) is 0 Å². The molecule has 2 aromatic carbocycles. The van der Waals surface area contributed by atoms with Gasteiger partial charge in [0.1, 0.15) is 12.1 Å². The van der Waals surface area contributed by atoms with Crippen LogP contribution in [0.25, 0.3) is 10.9 Å². The lowest BCUT2D eigenvalue weighted by Gasteiger charge is -2.26. The van der Waals surface area contributed by atoms with Crippen LogP contribution in [0.3, 0.4) is 0 Å². The minimum absolute atomic E-state index is 0.236. The Morgan fingerprint density at radius 2 is 1.81 bits per heavy atom. The van der Waals surface area contributed by atoms with Crippen LogP contribution in [0.5, 0.6) is 23.1 Å². The second-order valence-electron chi connectivity index (χ2n) is 7.31. The molecule has 3 aromatic rings. The quantitative estimate of drug-likeness (QED) is 0.491. The van der Waals surface area contributed by atoms with E-state index in [9.17, 15) is 8.42 Å². The van der Waals surface area contributed by atoms with Crippen molar-refractivity contribution in [3.63, 3.8) is 0 Å². The lowest BCUT2D eigenvalue weighted by atomic mass is 10.2. The Bertz CT molecular complexity index is 1120. The summed E-state index contributed by atoms with van der Waals surface area (Å²) < 4.78 is 40.4. The molecule has 31 heavy (non-hydrogen) atoms. The van der Waals surface area contributed by atoms with Gasteiger partial charge in [-0.2, -0.15) is 0 Å². The summed E-state index contributed by atoms with van der Waals surface area (Å²) >= 11 is 0. The molecule has 0 radical (unpaired) electrons. The molecule has 164 valence electrons. The van der Waals surface area contributed by atoms with E-state index in [1.165, 1.54) is 6.33 Å². The van der Waals surface area contributed by atoms with Crippen molar-refractivity contribution in [1.29, 1.82) is 0 Å². The maximum Gasteiger partial charge on any atom is 0.230 e. The van der Waals surface area contributed by atoms with Gasteiger partial charge in [0, 0.05) is 25.7 Å². The highest BCUT2D eigenvalue weighted by Crippen LogP contribution is 2.36. The van der Waals surface area contributed by atoms with E-state index in [1.54, 1.807) is 7.11 Å². The van der Waals surface area contributed by atoms with Crippen molar-refractivity contribution in [2.75, 3.05) is 44.9 Å². The molecule has 0 N–H and O–H groups in total. The van der Waals surface area contributed by atoms with Gasteiger partial charge >= 0.3 is 0 Å². The number of benzene rings is 2. The summed E-state index contributed by atoms with van der Waals surface area (Å²) in [7, 11) is -1.27. The van der Waals surface area contributed by atoms with Gasteiger partial charge in [0.2, 0.25) is 5.88 Å². The molecule has 1 fully saturated rings. The van der Waals surface area contributed by atoms with Crippen LogP contribution in [-0.4, -0.2) is 68.1 Å². The van der Waals surface area contributed by atoms with Crippen LogP contribution < -0.4 is 14.2 Å². The first-order valence-corrected chi connectivity index (χ1v) is 12.0. The normalized spacial score (nSPS) is 16.2. The molecular formula is C22H25N3O5S. The van der Waals surface area contributed by atoms with Crippen LogP contribution in [0.2, 0.25) is 0 Å². The Labute approximate surface area is 181 Å². The second kappa shape index (κ2) is 9.49. The third kappa shape index (κ3) is 5.42. The molecule has 1 aliphatic heterocycles. The zero-order valence-electron chi connectivity index (χ0n) is 17.4. The Morgan fingerprint density at radius 3 is 2.55 bits per heavy atom. The molecule has 8 nitrogen and oxygen atoms in total. The summed E-state index contributed by atoms with van der Waals surface area (Å²) in [4.78, 5) is 10.8. The summed E-state index contributed by atoms with van der Waals surface area (Å²) in [6.07, 6.45) is 2.24. The predicted molar refractivity (Wildman–Crippen MR) is 118 cm³/mol. The van der Waals surface area contributed by atoms with Gasteiger partial charge in [0.05, 0.1) is 36.1 Å². The zero-order chi connectivity index (χ0) is 21.7. The number of sulfone groups is 1. The fraction of sp³-hybridized carbons (Fsp3) is 0.364. The first-order chi connectivity index (χ1) is 15.0. The number of fused-ring (bicyclic) bond motifs is 1.